The number of para-hydroxylation sites is 1. The molecule has 0 spiro atoms. The Kier molecular flexibility index (Phi) is 8.97. The van der Waals surface area contributed by atoms with Gasteiger partial charge in [0.15, 0.2) is 5.13 Å². The standard InChI is InChI=1S/C24H27ClFN3O2S2/c25-18-7-9-19(10-8-18)32-17-2-6-22(30)29(12-3-11-28-13-15-31-16-14-28)24-27-23-20(26)4-1-5-21(23)33-24/h1,4-5,7-10H,2-3,6,11-17H2. The predicted molar refractivity (Wildman–Crippen MR) is 135 cm³/mol. The fraction of sp³-hybridized carbons (Fsp3) is 0.417. The second-order valence-corrected chi connectivity index (χ2v) is 10.5. The summed E-state index contributed by atoms with van der Waals surface area (Å²) in [6, 6.07) is 12.7. The van der Waals surface area contributed by atoms with Crippen LogP contribution >= 0.6 is 34.7 Å². The van der Waals surface area contributed by atoms with E-state index in [0.717, 1.165) is 66.1 Å². The van der Waals surface area contributed by atoms with E-state index in [0.29, 0.717) is 23.6 Å². The summed E-state index contributed by atoms with van der Waals surface area (Å²) in [5, 5.41) is 1.29. The van der Waals surface area contributed by atoms with Crippen LogP contribution in [0.2, 0.25) is 5.02 Å². The van der Waals surface area contributed by atoms with Crippen molar-refractivity contribution in [1.82, 2.24) is 9.88 Å². The van der Waals surface area contributed by atoms with Crippen molar-refractivity contribution in [1.29, 1.82) is 0 Å². The highest BCUT2D eigenvalue weighted by Gasteiger charge is 2.21. The summed E-state index contributed by atoms with van der Waals surface area (Å²) in [4.78, 5) is 22.9. The van der Waals surface area contributed by atoms with Gasteiger partial charge >= 0.3 is 0 Å². The van der Waals surface area contributed by atoms with Crippen molar-refractivity contribution in [3.63, 3.8) is 0 Å². The number of thiazole rings is 1. The molecule has 33 heavy (non-hydrogen) atoms. The Labute approximate surface area is 206 Å². The number of nitrogens with zero attached hydrogens (tertiary/aromatic N) is 3. The number of hydrogen-bond acceptors (Lipinski definition) is 6. The van der Waals surface area contributed by atoms with E-state index in [1.54, 1.807) is 22.7 Å². The molecule has 1 aliphatic rings. The Morgan fingerprint density at radius 1 is 1.18 bits per heavy atom. The molecule has 4 rings (SSSR count). The molecule has 3 aromatic rings. The topological polar surface area (TPSA) is 45.7 Å². The molecule has 2 aromatic carbocycles. The third kappa shape index (κ3) is 6.90. The number of hydrogen-bond donors (Lipinski definition) is 0. The van der Waals surface area contributed by atoms with Crippen LogP contribution in [-0.2, 0) is 9.53 Å². The molecule has 0 N–H and O–H groups in total. The lowest BCUT2D eigenvalue weighted by Crippen LogP contribution is -2.39. The average Bonchev–Trinajstić information content (AvgIpc) is 3.26. The van der Waals surface area contributed by atoms with E-state index in [1.807, 2.05) is 30.3 Å². The van der Waals surface area contributed by atoms with E-state index < -0.39 is 0 Å². The summed E-state index contributed by atoms with van der Waals surface area (Å²) in [7, 11) is 0. The van der Waals surface area contributed by atoms with E-state index in [4.69, 9.17) is 16.3 Å². The summed E-state index contributed by atoms with van der Waals surface area (Å²) < 4.78 is 20.4. The zero-order valence-corrected chi connectivity index (χ0v) is 20.7. The van der Waals surface area contributed by atoms with Crippen molar-refractivity contribution in [2.75, 3.05) is 50.0 Å². The normalized spacial score (nSPS) is 14.6. The number of carbonyl (C=O) groups excluding carboxylic acids is 1. The maximum absolute atomic E-state index is 14.2. The molecule has 2 heterocycles. The molecule has 5 nitrogen and oxygen atoms in total. The average molecular weight is 508 g/mol. The van der Waals surface area contributed by atoms with Crippen LogP contribution in [0, 0.1) is 5.82 Å². The van der Waals surface area contributed by atoms with Crippen LogP contribution in [0.3, 0.4) is 0 Å². The van der Waals surface area contributed by atoms with Crippen molar-refractivity contribution in [3.8, 4) is 0 Å². The summed E-state index contributed by atoms with van der Waals surface area (Å²) in [5.74, 6) is 0.520. The molecule has 0 atom stereocenters. The molecule has 0 aliphatic carbocycles. The fourth-order valence-electron chi connectivity index (χ4n) is 3.70. The van der Waals surface area contributed by atoms with Gasteiger partial charge in [-0.25, -0.2) is 9.37 Å². The van der Waals surface area contributed by atoms with Crippen molar-refractivity contribution in [2.24, 2.45) is 0 Å². The van der Waals surface area contributed by atoms with Gasteiger partial charge in [-0.2, -0.15) is 0 Å². The Morgan fingerprint density at radius 2 is 1.97 bits per heavy atom. The number of aromatic nitrogens is 1. The van der Waals surface area contributed by atoms with Crippen LogP contribution in [0.25, 0.3) is 10.2 Å². The predicted octanol–water partition coefficient (Wildman–Crippen LogP) is 5.72. The van der Waals surface area contributed by atoms with E-state index in [1.165, 1.54) is 17.4 Å². The quantitative estimate of drug-likeness (QED) is 0.259. The first-order valence-corrected chi connectivity index (χ1v) is 13.3. The van der Waals surface area contributed by atoms with Gasteiger partial charge in [0.2, 0.25) is 5.91 Å². The van der Waals surface area contributed by atoms with E-state index in [2.05, 4.69) is 9.88 Å². The summed E-state index contributed by atoms with van der Waals surface area (Å²) in [5.41, 5.74) is 0.335. The fourth-order valence-corrected chi connectivity index (χ4v) is 5.70. The Bertz CT molecular complexity index is 1060. The largest absolute Gasteiger partial charge is 0.379 e. The molecule has 1 amide bonds. The Balaban J connectivity index is 1.37. The van der Waals surface area contributed by atoms with Gasteiger partial charge in [-0.1, -0.05) is 29.0 Å². The highest BCUT2D eigenvalue weighted by atomic mass is 35.5. The van der Waals surface area contributed by atoms with Crippen molar-refractivity contribution in [2.45, 2.75) is 24.2 Å². The van der Waals surface area contributed by atoms with Gasteiger partial charge in [0.1, 0.15) is 11.3 Å². The minimum atomic E-state index is -0.352. The van der Waals surface area contributed by atoms with Crippen LogP contribution in [-0.4, -0.2) is 60.9 Å². The van der Waals surface area contributed by atoms with Crippen LogP contribution in [0.15, 0.2) is 47.4 Å². The third-order valence-electron chi connectivity index (χ3n) is 5.47. The second-order valence-electron chi connectivity index (χ2n) is 7.84. The molecule has 1 aliphatic heterocycles. The number of anilines is 1. The molecule has 0 radical (unpaired) electrons. The van der Waals surface area contributed by atoms with Crippen LogP contribution in [0.5, 0.6) is 0 Å². The van der Waals surface area contributed by atoms with Gasteiger partial charge in [0, 0.05) is 42.5 Å². The Morgan fingerprint density at radius 3 is 2.73 bits per heavy atom. The minimum Gasteiger partial charge on any atom is -0.379 e. The van der Waals surface area contributed by atoms with Crippen LogP contribution < -0.4 is 4.90 Å². The SMILES string of the molecule is O=C(CCCSc1ccc(Cl)cc1)N(CCCN1CCOCC1)c1nc2c(F)cccc2s1. The van der Waals surface area contributed by atoms with E-state index >= 15 is 0 Å². The molecule has 1 saturated heterocycles. The summed E-state index contributed by atoms with van der Waals surface area (Å²) in [6.07, 6.45) is 2.02. The number of benzene rings is 2. The lowest BCUT2D eigenvalue weighted by Gasteiger charge is -2.27. The third-order valence-corrected chi connectivity index (χ3v) is 7.86. The zero-order chi connectivity index (χ0) is 23.0. The van der Waals surface area contributed by atoms with Gasteiger partial charge in [0.05, 0.1) is 17.9 Å². The molecule has 1 fully saturated rings. The lowest BCUT2D eigenvalue weighted by molar-refractivity contribution is -0.118. The minimum absolute atomic E-state index is 0.0353. The molecule has 1 aromatic heterocycles. The van der Waals surface area contributed by atoms with E-state index in [9.17, 15) is 9.18 Å². The van der Waals surface area contributed by atoms with Gasteiger partial charge < -0.3 is 4.74 Å². The molecule has 0 saturated carbocycles. The highest BCUT2D eigenvalue weighted by molar-refractivity contribution is 7.99. The lowest BCUT2D eigenvalue weighted by atomic mass is 10.2. The molecule has 0 unspecified atom stereocenters. The van der Waals surface area contributed by atoms with E-state index in [-0.39, 0.29) is 11.7 Å². The number of amides is 1. The molecular weight excluding hydrogens is 481 g/mol. The monoisotopic (exact) mass is 507 g/mol. The van der Waals surface area contributed by atoms with Crippen molar-refractivity contribution in [3.05, 3.63) is 53.3 Å². The Hall–Kier alpha value is -1.71. The molecular formula is C24H27ClFN3O2S2. The molecule has 9 heteroatoms. The summed E-state index contributed by atoms with van der Waals surface area (Å²) >= 11 is 9.03. The molecule has 176 valence electrons. The number of carbonyl (C=O) groups is 1. The van der Waals surface area contributed by atoms with Crippen molar-refractivity contribution >= 4 is 56.0 Å². The maximum atomic E-state index is 14.2. The maximum Gasteiger partial charge on any atom is 0.228 e. The number of thioether (sulfide) groups is 1. The van der Waals surface area contributed by atoms with Gasteiger partial charge in [-0.3, -0.25) is 14.6 Å². The van der Waals surface area contributed by atoms with Crippen LogP contribution in [0.1, 0.15) is 19.3 Å². The number of fused-ring (bicyclic) bond motifs is 1. The van der Waals surface area contributed by atoms with Crippen LogP contribution in [0.4, 0.5) is 9.52 Å². The number of halogens is 2. The zero-order valence-electron chi connectivity index (χ0n) is 18.3. The first-order chi connectivity index (χ1) is 16.1. The number of morpholine rings is 1. The first-order valence-electron chi connectivity index (χ1n) is 11.1. The van der Waals surface area contributed by atoms with Gasteiger partial charge in [-0.15, -0.1) is 11.8 Å². The highest BCUT2D eigenvalue weighted by Crippen LogP contribution is 2.31. The summed E-state index contributed by atoms with van der Waals surface area (Å²) in [6.45, 7) is 4.82. The van der Waals surface area contributed by atoms with Gasteiger partial charge in [0.25, 0.3) is 0 Å². The smallest absolute Gasteiger partial charge is 0.228 e. The van der Waals surface area contributed by atoms with Gasteiger partial charge in [-0.05, 0) is 55.0 Å². The van der Waals surface area contributed by atoms with Crippen molar-refractivity contribution < 1.29 is 13.9 Å². The number of ether oxygens (including phenoxy) is 1. The number of rotatable bonds is 10. The first kappa shape index (κ1) is 24.4. The molecule has 0 bridgehead atoms. The second kappa shape index (κ2) is 12.1.